The van der Waals surface area contributed by atoms with Crippen molar-refractivity contribution in [2.24, 2.45) is 0 Å². The van der Waals surface area contributed by atoms with Crippen LogP contribution in [0.4, 0.5) is 5.82 Å². The molecule has 0 radical (unpaired) electrons. The molecule has 0 aliphatic carbocycles. The monoisotopic (exact) mass is 287 g/mol. The lowest BCUT2D eigenvalue weighted by molar-refractivity contribution is 0.128. The first-order valence-corrected chi connectivity index (χ1v) is 7.60. The Labute approximate surface area is 126 Å². The predicted molar refractivity (Wildman–Crippen MR) is 88.7 cm³/mol. The van der Waals surface area contributed by atoms with Crippen LogP contribution in [0.3, 0.4) is 0 Å². The van der Waals surface area contributed by atoms with Crippen molar-refractivity contribution in [3.05, 3.63) is 35.9 Å². The van der Waals surface area contributed by atoms with Gasteiger partial charge in [0.15, 0.2) is 0 Å². The summed E-state index contributed by atoms with van der Waals surface area (Å²) < 4.78 is 5.27. The Morgan fingerprint density at radius 2 is 2.10 bits per heavy atom. The van der Waals surface area contributed by atoms with Crippen LogP contribution in [0.15, 0.2) is 30.3 Å². The van der Waals surface area contributed by atoms with Crippen molar-refractivity contribution in [2.75, 3.05) is 25.5 Å². The van der Waals surface area contributed by atoms with Crippen molar-refractivity contribution >= 4 is 16.7 Å². The van der Waals surface area contributed by atoms with Gasteiger partial charge in [0, 0.05) is 25.6 Å². The van der Waals surface area contributed by atoms with Gasteiger partial charge in [0.25, 0.3) is 0 Å². The van der Waals surface area contributed by atoms with Gasteiger partial charge in [-0.3, -0.25) is 0 Å². The predicted octanol–water partition coefficient (Wildman–Crippen LogP) is 3.18. The molecule has 1 atom stereocenters. The fraction of sp³-hybridized carbons (Fsp3) is 0.471. The molecule has 0 aliphatic heterocycles. The Balaban J connectivity index is 2.21. The fourth-order valence-corrected chi connectivity index (χ4v) is 2.22. The van der Waals surface area contributed by atoms with E-state index in [0.29, 0.717) is 0 Å². The zero-order valence-electron chi connectivity index (χ0n) is 13.1. The molecule has 4 nitrogen and oxygen atoms in total. The zero-order valence-corrected chi connectivity index (χ0v) is 13.1. The minimum absolute atomic E-state index is 0.167. The Morgan fingerprint density at radius 1 is 1.29 bits per heavy atom. The highest BCUT2D eigenvalue weighted by Gasteiger charge is 2.06. The lowest BCUT2D eigenvalue weighted by Crippen LogP contribution is -2.19. The van der Waals surface area contributed by atoms with Crippen molar-refractivity contribution in [1.82, 2.24) is 10.3 Å². The fourth-order valence-electron chi connectivity index (χ4n) is 2.22. The van der Waals surface area contributed by atoms with Gasteiger partial charge in [-0.25, -0.2) is 4.98 Å². The van der Waals surface area contributed by atoms with Gasteiger partial charge in [-0.05, 0) is 37.6 Å². The van der Waals surface area contributed by atoms with E-state index in [1.165, 1.54) is 10.9 Å². The van der Waals surface area contributed by atoms with Crippen LogP contribution < -0.4 is 10.6 Å². The van der Waals surface area contributed by atoms with Gasteiger partial charge in [0.2, 0.25) is 0 Å². The average Bonchev–Trinajstić information content (AvgIpc) is 2.52. The Kier molecular flexibility index (Phi) is 5.96. The largest absolute Gasteiger partial charge is 0.380 e. The van der Waals surface area contributed by atoms with Crippen molar-refractivity contribution in [2.45, 2.75) is 32.9 Å². The number of nitrogens with one attached hydrogen (secondary N) is 2. The van der Waals surface area contributed by atoms with Crippen LogP contribution in [0, 0.1) is 0 Å². The van der Waals surface area contributed by atoms with Gasteiger partial charge in [0.05, 0.1) is 11.6 Å². The second kappa shape index (κ2) is 7.96. The summed E-state index contributed by atoms with van der Waals surface area (Å²) >= 11 is 0. The number of hydrogen-bond donors (Lipinski definition) is 2. The van der Waals surface area contributed by atoms with Crippen molar-refractivity contribution in [3.8, 4) is 0 Å². The molecule has 0 spiro atoms. The first-order chi connectivity index (χ1) is 10.2. The molecule has 0 aliphatic rings. The van der Waals surface area contributed by atoms with Crippen LogP contribution in [0.2, 0.25) is 0 Å². The van der Waals surface area contributed by atoms with Crippen LogP contribution in [-0.2, 0) is 11.3 Å². The van der Waals surface area contributed by atoms with E-state index in [0.717, 1.165) is 37.4 Å². The van der Waals surface area contributed by atoms with Crippen LogP contribution in [0.1, 0.15) is 25.8 Å². The maximum atomic E-state index is 5.27. The second-order valence-electron chi connectivity index (χ2n) is 5.29. The summed E-state index contributed by atoms with van der Waals surface area (Å²) in [7, 11) is 1.72. The topological polar surface area (TPSA) is 46.2 Å². The quantitative estimate of drug-likeness (QED) is 0.732. The zero-order chi connectivity index (χ0) is 15.1. The average molecular weight is 287 g/mol. The summed E-state index contributed by atoms with van der Waals surface area (Å²) in [5.41, 5.74) is 2.31. The third-order valence-electron chi connectivity index (χ3n) is 3.52. The number of ether oxygens (including phenoxy) is 1. The molecule has 1 aromatic heterocycles. The summed E-state index contributed by atoms with van der Waals surface area (Å²) in [5, 5.41) is 8.04. The van der Waals surface area contributed by atoms with E-state index < -0.39 is 0 Å². The Morgan fingerprint density at radius 3 is 2.86 bits per heavy atom. The van der Waals surface area contributed by atoms with Crippen molar-refractivity contribution in [3.63, 3.8) is 0 Å². The van der Waals surface area contributed by atoms with Gasteiger partial charge < -0.3 is 15.4 Å². The van der Waals surface area contributed by atoms with Crippen LogP contribution in [-0.4, -0.2) is 31.3 Å². The van der Waals surface area contributed by atoms with Crippen LogP contribution >= 0.6 is 0 Å². The molecule has 4 heteroatoms. The Bertz CT molecular complexity index is 571. The number of nitrogens with zero attached hydrogens (tertiary/aromatic N) is 1. The molecule has 2 aromatic rings. The van der Waals surface area contributed by atoms with E-state index in [2.05, 4.69) is 46.8 Å². The molecule has 21 heavy (non-hydrogen) atoms. The van der Waals surface area contributed by atoms with Gasteiger partial charge in [-0.15, -0.1) is 0 Å². The van der Waals surface area contributed by atoms with Gasteiger partial charge >= 0.3 is 0 Å². The lowest BCUT2D eigenvalue weighted by Gasteiger charge is -2.14. The number of methoxy groups -OCH3 is 1. The number of pyridine rings is 1. The molecule has 2 N–H and O–H groups in total. The smallest absolute Gasteiger partial charge is 0.127 e. The maximum Gasteiger partial charge on any atom is 0.127 e. The highest BCUT2D eigenvalue weighted by atomic mass is 16.5. The maximum absolute atomic E-state index is 5.27. The van der Waals surface area contributed by atoms with Gasteiger partial charge in [-0.2, -0.15) is 0 Å². The van der Waals surface area contributed by atoms with E-state index in [4.69, 9.17) is 4.74 Å². The standard InChI is InChI=1S/C17H25N3O/c1-4-9-18-12-14-10-17(19-11-13(2)21-3)20-16-8-6-5-7-15(14)16/h5-8,10,13,18H,4,9,11-12H2,1-3H3,(H,19,20). The van der Waals surface area contributed by atoms with Gasteiger partial charge in [0.1, 0.15) is 5.82 Å². The van der Waals surface area contributed by atoms with Crippen molar-refractivity contribution in [1.29, 1.82) is 0 Å². The minimum Gasteiger partial charge on any atom is -0.380 e. The molecule has 114 valence electrons. The molecule has 0 saturated carbocycles. The van der Waals surface area contributed by atoms with E-state index in [9.17, 15) is 0 Å². The molecule has 1 aromatic carbocycles. The summed E-state index contributed by atoms with van der Waals surface area (Å²) in [5.74, 6) is 0.908. The summed E-state index contributed by atoms with van der Waals surface area (Å²) in [6, 6.07) is 10.4. The number of anilines is 1. The van der Waals surface area contributed by atoms with Crippen LogP contribution in [0.5, 0.6) is 0 Å². The molecule has 0 amide bonds. The van der Waals surface area contributed by atoms with Crippen molar-refractivity contribution < 1.29 is 4.74 Å². The number of rotatable bonds is 8. The van der Waals surface area contributed by atoms with E-state index in [1.807, 2.05) is 13.0 Å². The molecular weight excluding hydrogens is 262 g/mol. The number of aromatic nitrogens is 1. The highest BCUT2D eigenvalue weighted by molar-refractivity contribution is 5.84. The first-order valence-electron chi connectivity index (χ1n) is 7.60. The molecule has 0 saturated heterocycles. The first kappa shape index (κ1) is 15.7. The number of para-hydroxylation sites is 1. The van der Waals surface area contributed by atoms with E-state index >= 15 is 0 Å². The third kappa shape index (κ3) is 4.41. The van der Waals surface area contributed by atoms with E-state index in [-0.39, 0.29) is 6.10 Å². The molecular formula is C17H25N3O. The minimum atomic E-state index is 0.167. The highest BCUT2D eigenvalue weighted by Crippen LogP contribution is 2.20. The Hall–Kier alpha value is -1.65. The molecule has 1 heterocycles. The number of fused-ring (bicyclic) bond motifs is 1. The summed E-state index contributed by atoms with van der Waals surface area (Å²) in [6.45, 7) is 6.86. The second-order valence-corrected chi connectivity index (χ2v) is 5.29. The summed E-state index contributed by atoms with van der Waals surface area (Å²) in [6.07, 6.45) is 1.30. The van der Waals surface area contributed by atoms with Crippen LogP contribution in [0.25, 0.3) is 10.9 Å². The lowest BCUT2D eigenvalue weighted by atomic mass is 10.1. The molecule has 0 bridgehead atoms. The summed E-state index contributed by atoms with van der Waals surface area (Å²) in [4.78, 5) is 4.68. The van der Waals surface area contributed by atoms with E-state index in [1.54, 1.807) is 7.11 Å². The third-order valence-corrected chi connectivity index (χ3v) is 3.52. The number of benzene rings is 1. The molecule has 2 rings (SSSR count). The molecule has 1 unspecified atom stereocenters. The normalized spacial score (nSPS) is 12.5. The number of hydrogen-bond acceptors (Lipinski definition) is 4. The van der Waals surface area contributed by atoms with Gasteiger partial charge in [-0.1, -0.05) is 25.1 Å². The molecule has 0 fully saturated rings. The SMILES string of the molecule is CCCNCc1cc(NCC(C)OC)nc2ccccc12.